The zero-order chi connectivity index (χ0) is 11.3. The summed E-state index contributed by atoms with van der Waals surface area (Å²) in [7, 11) is 0. The van der Waals surface area contributed by atoms with E-state index in [1.54, 1.807) is 18.2 Å². The molecule has 0 heterocycles. The molecule has 0 amide bonds. The fourth-order valence-corrected chi connectivity index (χ4v) is 1.17. The third-order valence-electron chi connectivity index (χ3n) is 1.97. The molecule has 3 N–H and O–H groups in total. The Morgan fingerprint density at radius 3 is 2.80 bits per heavy atom. The van der Waals surface area contributed by atoms with Crippen molar-refractivity contribution in [2.24, 2.45) is 5.73 Å². The maximum Gasteiger partial charge on any atom is 0.335 e. The number of hydrogen-bond acceptors (Lipinski definition) is 2. The Bertz CT molecular complexity index is 427. The van der Waals surface area contributed by atoms with Crippen LogP contribution in [-0.4, -0.2) is 17.6 Å². The number of carbonyl (C=O) groups is 1. The highest BCUT2D eigenvalue weighted by Crippen LogP contribution is 2.09. The van der Waals surface area contributed by atoms with Gasteiger partial charge in [0.1, 0.15) is 0 Å². The fraction of sp³-hybridized carbons (Fsp3) is 0.250. The predicted molar refractivity (Wildman–Crippen MR) is 58.7 cm³/mol. The summed E-state index contributed by atoms with van der Waals surface area (Å²) in [6, 6.07) is 4.90. The van der Waals surface area contributed by atoms with Gasteiger partial charge < -0.3 is 10.8 Å². The summed E-state index contributed by atoms with van der Waals surface area (Å²) >= 11 is 0. The Labute approximate surface area is 88.9 Å². The normalized spacial score (nSPS) is 9.20. The molecule has 0 bridgehead atoms. The van der Waals surface area contributed by atoms with E-state index in [1.807, 2.05) is 6.92 Å². The molecule has 0 saturated heterocycles. The minimum Gasteiger partial charge on any atom is -0.478 e. The Morgan fingerprint density at radius 2 is 2.27 bits per heavy atom. The van der Waals surface area contributed by atoms with E-state index in [0.717, 1.165) is 11.1 Å². The fourth-order valence-electron chi connectivity index (χ4n) is 1.17. The number of carboxylic acids is 1. The van der Waals surface area contributed by atoms with Crippen LogP contribution in [0.15, 0.2) is 18.2 Å². The highest BCUT2D eigenvalue weighted by Gasteiger charge is 2.03. The van der Waals surface area contributed by atoms with Gasteiger partial charge in [0.2, 0.25) is 0 Å². The van der Waals surface area contributed by atoms with Gasteiger partial charge in [-0.25, -0.2) is 4.79 Å². The minimum absolute atomic E-state index is 0.289. The molecule has 0 spiro atoms. The largest absolute Gasteiger partial charge is 0.478 e. The SMILES string of the molecule is Cc1cc(C(=O)O)ccc1C#CCCN. The minimum atomic E-state index is -0.917. The Hall–Kier alpha value is -1.79. The molecule has 78 valence electrons. The highest BCUT2D eigenvalue weighted by molar-refractivity contribution is 5.88. The molecule has 0 fully saturated rings. The molecule has 3 nitrogen and oxygen atoms in total. The Morgan fingerprint density at radius 1 is 1.53 bits per heavy atom. The summed E-state index contributed by atoms with van der Waals surface area (Å²) in [5.74, 6) is 4.96. The third kappa shape index (κ3) is 3.12. The van der Waals surface area contributed by atoms with Crippen LogP contribution in [0.5, 0.6) is 0 Å². The number of aromatic carboxylic acids is 1. The number of nitrogens with two attached hydrogens (primary N) is 1. The van der Waals surface area contributed by atoms with Crippen LogP contribution in [0.1, 0.15) is 27.9 Å². The second kappa shape index (κ2) is 5.18. The van der Waals surface area contributed by atoms with Crippen molar-refractivity contribution in [2.45, 2.75) is 13.3 Å². The third-order valence-corrected chi connectivity index (χ3v) is 1.97. The molecule has 15 heavy (non-hydrogen) atoms. The molecule has 1 aromatic carbocycles. The lowest BCUT2D eigenvalue weighted by Gasteiger charge is -1.99. The van der Waals surface area contributed by atoms with Gasteiger partial charge in [0, 0.05) is 18.5 Å². The van der Waals surface area contributed by atoms with E-state index in [1.165, 1.54) is 0 Å². The van der Waals surface area contributed by atoms with Gasteiger partial charge in [0.25, 0.3) is 0 Å². The number of benzene rings is 1. The molecule has 0 unspecified atom stereocenters. The van der Waals surface area contributed by atoms with Crippen LogP contribution >= 0.6 is 0 Å². The van der Waals surface area contributed by atoms with E-state index in [0.29, 0.717) is 13.0 Å². The standard InChI is InChI=1S/C12H13NO2/c1-9-8-11(12(14)15)6-5-10(9)4-2-3-7-13/h5-6,8H,3,7,13H2,1H3,(H,14,15). The van der Waals surface area contributed by atoms with Gasteiger partial charge in [0.15, 0.2) is 0 Å². The lowest BCUT2D eigenvalue weighted by atomic mass is 10.1. The van der Waals surface area contributed by atoms with Gasteiger partial charge in [-0.2, -0.15) is 0 Å². The van der Waals surface area contributed by atoms with Crippen LogP contribution in [0.4, 0.5) is 0 Å². The van der Waals surface area contributed by atoms with E-state index < -0.39 is 5.97 Å². The van der Waals surface area contributed by atoms with Crippen LogP contribution < -0.4 is 5.73 Å². The van der Waals surface area contributed by atoms with Crippen LogP contribution in [0.3, 0.4) is 0 Å². The van der Waals surface area contributed by atoms with Gasteiger partial charge >= 0.3 is 5.97 Å². The van der Waals surface area contributed by atoms with E-state index >= 15 is 0 Å². The smallest absolute Gasteiger partial charge is 0.335 e. The molecule has 0 aromatic heterocycles. The van der Waals surface area contributed by atoms with Crippen molar-refractivity contribution in [3.63, 3.8) is 0 Å². The first-order valence-corrected chi connectivity index (χ1v) is 4.68. The predicted octanol–water partition coefficient (Wildman–Crippen LogP) is 1.39. The summed E-state index contributed by atoms with van der Waals surface area (Å²) in [5, 5.41) is 8.76. The summed E-state index contributed by atoms with van der Waals surface area (Å²) in [4.78, 5) is 10.7. The number of rotatable bonds is 2. The van der Waals surface area contributed by atoms with E-state index in [2.05, 4.69) is 11.8 Å². The molecular weight excluding hydrogens is 190 g/mol. The van der Waals surface area contributed by atoms with Gasteiger partial charge in [-0.3, -0.25) is 0 Å². The van der Waals surface area contributed by atoms with Gasteiger partial charge in [0.05, 0.1) is 5.56 Å². The van der Waals surface area contributed by atoms with Crippen molar-refractivity contribution in [3.05, 3.63) is 34.9 Å². The summed E-state index contributed by atoms with van der Waals surface area (Å²) in [6.45, 7) is 2.39. The van der Waals surface area contributed by atoms with Crippen LogP contribution in [0.2, 0.25) is 0 Å². The van der Waals surface area contributed by atoms with Crippen molar-refractivity contribution in [2.75, 3.05) is 6.54 Å². The molecule has 0 radical (unpaired) electrons. The summed E-state index contributed by atoms with van der Waals surface area (Å²) < 4.78 is 0. The van der Waals surface area contributed by atoms with Crippen molar-refractivity contribution in [1.29, 1.82) is 0 Å². The maximum absolute atomic E-state index is 10.7. The average Bonchev–Trinajstić information content (AvgIpc) is 2.20. The molecule has 1 rings (SSSR count). The molecule has 3 heteroatoms. The second-order valence-electron chi connectivity index (χ2n) is 3.18. The summed E-state index contributed by atoms with van der Waals surface area (Å²) in [6.07, 6.45) is 0.653. The van der Waals surface area contributed by atoms with Gasteiger partial charge in [-0.1, -0.05) is 11.8 Å². The molecule has 1 aromatic rings. The average molecular weight is 203 g/mol. The Kier molecular flexibility index (Phi) is 3.90. The highest BCUT2D eigenvalue weighted by atomic mass is 16.4. The number of hydrogen-bond donors (Lipinski definition) is 2. The first-order chi connectivity index (χ1) is 7.15. The van der Waals surface area contributed by atoms with Gasteiger partial charge in [-0.05, 0) is 30.7 Å². The van der Waals surface area contributed by atoms with Crippen LogP contribution in [-0.2, 0) is 0 Å². The van der Waals surface area contributed by atoms with Crippen LogP contribution in [0, 0.1) is 18.8 Å². The quantitative estimate of drug-likeness (QED) is 0.714. The Balaban J connectivity index is 2.95. The van der Waals surface area contributed by atoms with Crippen molar-refractivity contribution in [3.8, 4) is 11.8 Å². The number of carboxylic acid groups (broad SMARTS) is 1. The molecule has 0 aliphatic rings. The lowest BCUT2D eigenvalue weighted by Crippen LogP contribution is -1.97. The van der Waals surface area contributed by atoms with Crippen molar-refractivity contribution in [1.82, 2.24) is 0 Å². The summed E-state index contributed by atoms with van der Waals surface area (Å²) in [5.41, 5.74) is 7.33. The molecule has 0 aliphatic carbocycles. The van der Waals surface area contributed by atoms with Crippen molar-refractivity contribution < 1.29 is 9.90 Å². The van der Waals surface area contributed by atoms with Crippen LogP contribution in [0.25, 0.3) is 0 Å². The second-order valence-corrected chi connectivity index (χ2v) is 3.18. The zero-order valence-electron chi connectivity index (χ0n) is 8.58. The lowest BCUT2D eigenvalue weighted by molar-refractivity contribution is 0.0697. The molecule has 0 atom stereocenters. The molecule has 0 aliphatic heterocycles. The first kappa shape index (κ1) is 11.3. The maximum atomic E-state index is 10.7. The van der Waals surface area contributed by atoms with E-state index in [9.17, 15) is 4.79 Å². The topological polar surface area (TPSA) is 63.3 Å². The number of aryl methyl sites for hydroxylation is 1. The van der Waals surface area contributed by atoms with E-state index in [-0.39, 0.29) is 5.56 Å². The van der Waals surface area contributed by atoms with E-state index in [4.69, 9.17) is 10.8 Å². The zero-order valence-corrected chi connectivity index (χ0v) is 8.58. The van der Waals surface area contributed by atoms with Gasteiger partial charge in [-0.15, -0.1) is 0 Å². The first-order valence-electron chi connectivity index (χ1n) is 4.68. The monoisotopic (exact) mass is 203 g/mol. The van der Waals surface area contributed by atoms with Crippen molar-refractivity contribution >= 4 is 5.97 Å². The molecular formula is C12H13NO2. The molecule has 0 saturated carbocycles.